The van der Waals surface area contributed by atoms with Crippen LogP contribution in [0.1, 0.15) is 24.3 Å². The van der Waals surface area contributed by atoms with Gasteiger partial charge in [0.1, 0.15) is 5.82 Å². The van der Waals surface area contributed by atoms with Crippen molar-refractivity contribution in [1.29, 1.82) is 0 Å². The molecule has 19 heavy (non-hydrogen) atoms. The van der Waals surface area contributed by atoms with Crippen molar-refractivity contribution in [3.63, 3.8) is 0 Å². The molecule has 0 spiro atoms. The van der Waals surface area contributed by atoms with Gasteiger partial charge in [-0.15, -0.1) is 0 Å². The average Bonchev–Trinajstić information content (AvgIpc) is 3.14. The molecule has 1 aliphatic carbocycles. The highest BCUT2D eigenvalue weighted by Crippen LogP contribution is 2.34. The summed E-state index contributed by atoms with van der Waals surface area (Å²) < 4.78 is 18.4. The molecule has 5 heteroatoms. The zero-order chi connectivity index (χ0) is 13.4. The van der Waals surface area contributed by atoms with Gasteiger partial charge in [0, 0.05) is 5.56 Å². The molecule has 1 aromatic heterocycles. The van der Waals surface area contributed by atoms with Gasteiger partial charge in [-0.25, -0.2) is 4.39 Å². The number of hydrogen-bond acceptors (Lipinski definition) is 4. The van der Waals surface area contributed by atoms with E-state index in [0.29, 0.717) is 29.6 Å². The number of aryl methyl sites for hydroxylation is 1. The highest BCUT2D eigenvalue weighted by atomic mass is 19.1. The molecule has 1 aliphatic rings. The van der Waals surface area contributed by atoms with Crippen molar-refractivity contribution >= 4 is 0 Å². The van der Waals surface area contributed by atoms with E-state index in [9.17, 15) is 9.50 Å². The molecule has 1 saturated carbocycles. The molecule has 0 bridgehead atoms. The lowest BCUT2D eigenvalue weighted by atomic mass is 10.1. The minimum Gasteiger partial charge on any atom is -0.392 e. The Morgan fingerprint density at radius 3 is 3.00 bits per heavy atom. The van der Waals surface area contributed by atoms with Crippen molar-refractivity contribution in [2.45, 2.75) is 32.3 Å². The molecule has 1 N–H and O–H groups in total. The fraction of sp³-hybridized carbons (Fsp3) is 0.429. The first-order valence-electron chi connectivity index (χ1n) is 6.40. The van der Waals surface area contributed by atoms with Gasteiger partial charge in [-0.05, 0) is 43.4 Å². The quantitative estimate of drug-likeness (QED) is 0.919. The summed E-state index contributed by atoms with van der Waals surface area (Å²) in [6.07, 6.45) is 2.07. The molecule has 1 atom stereocenters. The first-order valence-corrected chi connectivity index (χ1v) is 6.40. The molecular weight excluding hydrogens is 247 g/mol. The van der Waals surface area contributed by atoms with Crippen LogP contribution in [0.4, 0.5) is 4.39 Å². The van der Waals surface area contributed by atoms with E-state index in [2.05, 4.69) is 10.1 Å². The Bertz CT molecular complexity index is 593. The van der Waals surface area contributed by atoms with Crippen molar-refractivity contribution in [3.05, 3.63) is 35.5 Å². The molecule has 1 fully saturated rings. The van der Waals surface area contributed by atoms with Crippen LogP contribution in [0.3, 0.4) is 0 Å². The van der Waals surface area contributed by atoms with Gasteiger partial charge in [0.2, 0.25) is 11.7 Å². The topological polar surface area (TPSA) is 59.2 Å². The summed E-state index contributed by atoms with van der Waals surface area (Å²) in [5.74, 6) is 0.810. The van der Waals surface area contributed by atoms with Crippen LogP contribution in [0.5, 0.6) is 0 Å². The summed E-state index contributed by atoms with van der Waals surface area (Å²) in [5.41, 5.74) is 1.51. The predicted molar refractivity (Wildman–Crippen MR) is 66.9 cm³/mol. The van der Waals surface area contributed by atoms with Crippen molar-refractivity contribution in [2.24, 2.45) is 5.92 Å². The molecule has 3 rings (SSSR count). The smallest absolute Gasteiger partial charge is 0.229 e. The maximum absolute atomic E-state index is 13.2. The number of benzene rings is 1. The lowest BCUT2D eigenvalue weighted by molar-refractivity contribution is 0.140. The third kappa shape index (κ3) is 2.66. The zero-order valence-corrected chi connectivity index (χ0v) is 10.6. The first kappa shape index (κ1) is 12.3. The van der Waals surface area contributed by atoms with Gasteiger partial charge in [-0.1, -0.05) is 11.2 Å². The van der Waals surface area contributed by atoms with Gasteiger partial charge in [-0.3, -0.25) is 0 Å². The Morgan fingerprint density at radius 2 is 2.26 bits per heavy atom. The number of halogens is 1. The molecule has 1 aromatic carbocycles. The van der Waals surface area contributed by atoms with Gasteiger partial charge < -0.3 is 9.63 Å². The summed E-state index contributed by atoms with van der Waals surface area (Å²) >= 11 is 0. The van der Waals surface area contributed by atoms with Crippen molar-refractivity contribution < 1.29 is 14.0 Å². The van der Waals surface area contributed by atoms with E-state index in [-0.39, 0.29) is 5.82 Å². The number of nitrogens with zero attached hydrogens (tertiary/aromatic N) is 2. The summed E-state index contributed by atoms with van der Waals surface area (Å²) in [4.78, 5) is 4.23. The van der Waals surface area contributed by atoms with Crippen LogP contribution in [-0.2, 0) is 6.42 Å². The van der Waals surface area contributed by atoms with E-state index in [1.165, 1.54) is 12.1 Å². The molecule has 1 heterocycles. The largest absolute Gasteiger partial charge is 0.392 e. The van der Waals surface area contributed by atoms with Crippen molar-refractivity contribution in [1.82, 2.24) is 10.1 Å². The zero-order valence-electron chi connectivity index (χ0n) is 10.6. The first-order chi connectivity index (χ1) is 9.13. The van der Waals surface area contributed by atoms with Crippen LogP contribution in [-0.4, -0.2) is 21.4 Å². The second kappa shape index (κ2) is 4.74. The maximum atomic E-state index is 13.2. The molecular formula is C14H15FN2O2. The Labute approximate surface area is 110 Å². The van der Waals surface area contributed by atoms with Crippen LogP contribution in [0.2, 0.25) is 0 Å². The molecule has 2 aromatic rings. The SMILES string of the molecule is Cc1ccc(F)cc1-c1noc(CC(O)C2CC2)n1. The van der Waals surface area contributed by atoms with Gasteiger partial charge in [0.05, 0.1) is 12.5 Å². The molecule has 0 saturated heterocycles. The van der Waals surface area contributed by atoms with Gasteiger partial charge in [0.15, 0.2) is 0 Å². The predicted octanol–water partition coefficient (Wildman–Crippen LogP) is 2.50. The fourth-order valence-electron chi connectivity index (χ4n) is 2.11. The normalized spacial score (nSPS) is 16.6. The second-order valence-electron chi connectivity index (χ2n) is 5.08. The number of aliphatic hydroxyl groups excluding tert-OH is 1. The number of aliphatic hydroxyl groups is 1. The fourth-order valence-corrected chi connectivity index (χ4v) is 2.11. The van der Waals surface area contributed by atoms with Crippen LogP contribution in [0, 0.1) is 18.7 Å². The third-order valence-electron chi connectivity index (χ3n) is 3.46. The monoisotopic (exact) mass is 262 g/mol. The third-order valence-corrected chi connectivity index (χ3v) is 3.46. The van der Waals surface area contributed by atoms with E-state index in [1.54, 1.807) is 6.07 Å². The second-order valence-corrected chi connectivity index (χ2v) is 5.08. The number of aromatic nitrogens is 2. The Balaban J connectivity index is 1.81. The number of rotatable bonds is 4. The molecule has 0 radical (unpaired) electrons. The van der Waals surface area contributed by atoms with E-state index < -0.39 is 6.10 Å². The average molecular weight is 262 g/mol. The van der Waals surface area contributed by atoms with E-state index in [0.717, 1.165) is 18.4 Å². The Morgan fingerprint density at radius 1 is 1.47 bits per heavy atom. The van der Waals surface area contributed by atoms with E-state index in [4.69, 9.17) is 4.52 Å². The standard InChI is InChI=1S/C14H15FN2O2/c1-8-2-5-10(15)6-11(8)14-16-13(19-17-14)7-12(18)9-3-4-9/h2,5-6,9,12,18H,3-4,7H2,1H3. The Hall–Kier alpha value is -1.75. The van der Waals surface area contributed by atoms with Gasteiger partial charge in [0.25, 0.3) is 0 Å². The summed E-state index contributed by atoms with van der Waals surface area (Å²) in [5, 5.41) is 13.7. The van der Waals surface area contributed by atoms with Crippen LogP contribution in [0.25, 0.3) is 11.4 Å². The minimum atomic E-state index is -0.415. The van der Waals surface area contributed by atoms with Crippen molar-refractivity contribution in [2.75, 3.05) is 0 Å². The molecule has 0 amide bonds. The minimum absolute atomic E-state index is 0.329. The number of hydrogen-bond donors (Lipinski definition) is 1. The summed E-state index contributed by atoms with van der Waals surface area (Å²) in [6, 6.07) is 4.47. The lowest BCUT2D eigenvalue weighted by Gasteiger charge is -2.03. The van der Waals surface area contributed by atoms with Crippen molar-refractivity contribution in [3.8, 4) is 11.4 Å². The summed E-state index contributed by atoms with van der Waals surface area (Å²) in [6.45, 7) is 1.86. The summed E-state index contributed by atoms with van der Waals surface area (Å²) in [7, 11) is 0. The molecule has 0 aliphatic heterocycles. The lowest BCUT2D eigenvalue weighted by Crippen LogP contribution is -2.12. The van der Waals surface area contributed by atoms with E-state index >= 15 is 0 Å². The highest BCUT2D eigenvalue weighted by molar-refractivity contribution is 5.59. The van der Waals surface area contributed by atoms with Crippen LogP contribution in [0.15, 0.2) is 22.7 Å². The molecule has 100 valence electrons. The Kier molecular flexibility index (Phi) is 3.06. The van der Waals surface area contributed by atoms with Gasteiger partial charge in [-0.2, -0.15) is 4.98 Å². The molecule has 1 unspecified atom stereocenters. The van der Waals surface area contributed by atoms with Crippen LogP contribution < -0.4 is 0 Å². The van der Waals surface area contributed by atoms with E-state index in [1.807, 2.05) is 6.92 Å². The highest BCUT2D eigenvalue weighted by Gasteiger charge is 2.31. The maximum Gasteiger partial charge on any atom is 0.229 e. The van der Waals surface area contributed by atoms with Crippen LogP contribution >= 0.6 is 0 Å². The van der Waals surface area contributed by atoms with Gasteiger partial charge >= 0.3 is 0 Å². The molecule has 4 nitrogen and oxygen atoms in total.